The second-order valence-corrected chi connectivity index (χ2v) is 6.76. The zero-order chi connectivity index (χ0) is 19.7. The molecule has 1 atom stereocenters. The lowest BCUT2D eigenvalue weighted by atomic mass is 10.1. The smallest absolute Gasteiger partial charge is 0.289 e. The number of piperazine rings is 1. The summed E-state index contributed by atoms with van der Waals surface area (Å²) in [6, 6.07) is 9.79. The van der Waals surface area contributed by atoms with Crippen molar-refractivity contribution in [3.05, 3.63) is 48.4 Å². The van der Waals surface area contributed by atoms with Crippen molar-refractivity contribution in [1.29, 1.82) is 0 Å². The lowest BCUT2D eigenvalue weighted by Crippen LogP contribution is -2.53. The molecule has 3 amide bonds. The van der Waals surface area contributed by atoms with Gasteiger partial charge in [-0.1, -0.05) is 12.1 Å². The second-order valence-electron chi connectivity index (χ2n) is 6.76. The number of carbonyl (C=O) groups is 3. The number of methoxy groups -OCH3 is 1. The Kier molecular flexibility index (Phi) is 4.87. The molecule has 146 valence electrons. The Bertz CT molecular complexity index is 887. The first-order valence-corrected chi connectivity index (χ1v) is 9.17. The first kappa shape index (κ1) is 18.2. The minimum absolute atomic E-state index is 0.128. The predicted octanol–water partition coefficient (Wildman–Crippen LogP) is 1.38. The van der Waals surface area contributed by atoms with E-state index in [0.717, 1.165) is 0 Å². The van der Waals surface area contributed by atoms with Gasteiger partial charge < -0.3 is 14.1 Å². The highest BCUT2D eigenvalue weighted by Gasteiger charge is 2.44. The largest absolute Gasteiger partial charge is 0.495 e. The lowest BCUT2D eigenvalue weighted by molar-refractivity contribution is -0.123. The van der Waals surface area contributed by atoms with Crippen LogP contribution in [0, 0.1) is 0 Å². The number of amides is 3. The molecule has 0 bridgehead atoms. The zero-order valence-corrected chi connectivity index (χ0v) is 15.5. The average Bonchev–Trinajstić information content (AvgIpc) is 3.36. The molecule has 3 heterocycles. The molecule has 2 saturated heterocycles. The van der Waals surface area contributed by atoms with Crippen molar-refractivity contribution in [3.8, 4) is 5.75 Å². The number of para-hydroxylation sites is 2. The van der Waals surface area contributed by atoms with Gasteiger partial charge in [0.1, 0.15) is 5.75 Å². The highest BCUT2D eigenvalue weighted by molar-refractivity contribution is 6.23. The maximum Gasteiger partial charge on any atom is 0.289 e. The zero-order valence-electron chi connectivity index (χ0n) is 15.5. The summed E-state index contributed by atoms with van der Waals surface area (Å²) >= 11 is 0. The summed E-state index contributed by atoms with van der Waals surface area (Å²) in [4.78, 5) is 42.9. The van der Waals surface area contributed by atoms with Gasteiger partial charge in [0, 0.05) is 26.2 Å². The van der Waals surface area contributed by atoms with Crippen molar-refractivity contribution < 1.29 is 23.5 Å². The molecular weight excluding hydrogens is 362 g/mol. The molecule has 2 aliphatic heterocycles. The molecule has 2 aliphatic rings. The van der Waals surface area contributed by atoms with E-state index >= 15 is 0 Å². The fourth-order valence-corrected chi connectivity index (χ4v) is 3.76. The van der Waals surface area contributed by atoms with Crippen molar-refractivity contribution in [2.75, 3.05) is 38.2 Å². The molecule has 8 heteroatoms. The molecule has 2 fully saturated rings. The number of benzene rings is 1. The van der Waals surface area contributed by atoms with Crippen LogP contribution in [0.3, 0.4) is 0 Å². The van der Waals surface area contributed by atoms with E-state index in [0.29, 0.717) is 43.4 Å². The quantitative estimate of drug-likeness (QED) is 0.742. The van der Waals surface area contributed by atoms with Crippen LogP contribution in [0.5, 0.6) is 5.75 Å². The minimum Gasteiger partial charge on any atom is -0.495 e. The van der Waals surface area contributed by atoms with Gasteiger partial charge >= 0.3 is 0 Å². The van der Waals surface area contributed by atoms with Gasteiger partial charge in [-0.25, -0.2) is 4.90 Å². The first-order chi connectivity index (χ1) is 13.6. The maximum absolute atomic E-state index is 13.0. The molecule has 28 heavy (non-hydrogen) atoms. The monoisotopic (exact) mass is 383 g/mol. The Morgan fingerprint density at radius 2 is 1.82 bits per heavy atom. The molecule has 2 aromatic rings. The van der Waals surface area contributed by atoms with Gasteiger partial charge in [0.05, 0.1) is 31.5 Å². The number of ether oxygens (including phenoxy) is 1. The van der Waals surface area contributed by atoms with Crippen LogP contribution >= 0.6 is 0 Å². The van der Waals surface area contributed by atoms with Crippen LogP contribution < -0.4 is 9.64 Å². The number of nitrogens with zero attached hydrogens (tertiary/aromatic N) is 3. The van der Waals surface area contributed by atoms with E-state index in [1.807, 2.05) is 4.90 Å². The summed E-state index contributed by atoms with van der Waals surface area (Å²) in [5.41, 5.74) is 0.467. The lowest BCUT2D eigenvalue weighted by Gasteiger charge is -2.36. The molecule has 0 spiro atoms. The van der Waals surface area contributed by atoms with Gasteiger partial charge in [0.2, 0.25) is 5.91 Å². The van der Waals surface area contributed by atoms with Crippen molar-refractivity contribution in [2.24, 2.45) is 0 Å². The van der Waals surface area contributed by atoms with Gasteiger partial charge in [-0.15, -0.1) is 0 Å². The van der Waals surface area contributed by atoms with Crippen LogP contribution in [0.15, 0.2) is 47.1 Å². The van der Waals surface area contributed by atoms with Crippen molar-refractivity contribution in [2.45, 2.75) is 12.5 Å². The number of carbonyl (C=O) groups excluding carboxylic acids is 3. The predicted molar refractivity (Wildman–Crippen MR) is 100 cm³/mol. The molecule has 1 unspecified atom stereocenters. The summed E-state index contributed by atoms with van der Waals surface area (Å²) in [7, 11) is 1.51. The molecule has 0 aliphatic carbocycles. The highest BCUT2D eigenvalue weighted by atomic mass is 16.5. The van der Waals surface area contributed by atoms with Crippen LogP contribution in [0.2, 0.25) is 0 Å². The van der Waals surface area contributed by atoms with Crippen molar-refractivity contribution in [1.82, 2.24) is 9.80 Å². The summed E-state index contributed by atoms with van der Waals surface area (Å²) in [6.45, 7) is 2.00. The van der Waals surface area contributed by atoms with E-state index in [9.17, 15) is 14.4 Å². The molecule has 8 nitrogen and oxygen atoms in total. The van der Waals surface area contributed by atoms with E-state index in [1.165, 1.54) is 18.3 Å². The fourth-order valence-electron chi connectivity index (χ4n) is 3.76. The molecule has 1 aromatic heterocycles. The topological polar surface area (TPSA) is 83.3 Å². The van der Waals surface area contributed by atoms with Gasteiger partial charge in [-0.2, -0.15) is 0 Å². The average molecular weight is 383 g/mol. The Hall–Kier alpha value is -3.13. The second kappa shape index (κ2) is 7.47. The number of hydrogen-bond donors (Lipinski definition) is 0. The Morgan fingerprint density at radius 3 is 2.50 bits per heavy atom. The molecule has 0 radical (unpaired) electrons. The van der Waals surface area contributed by atoms with E-state index < -0.39 is 6.04 Å². The van der Waals surface area contributed by atoms with Gasteiger partial charge in [0.15, 0.2) is 5.76 Å². The summed E-state index contributed by atoms with van der Waals surface area (Å²) < 4.78 is 10.5. The van der Waals surface area contributed by atoms with E-state index in [1.54, 1.807) is 41.3 Å². The minimum atomic E-state index is -0.515. The van der Waals surface area contributed by atoms with E-state index in [4.69, 9.17) is 9.15 Å². The Morgan fingerprint density at radius 1 is 1.07 bits per heavy atom. The van der Waals surface area contributed by atoms with Crippen LogP contribution in [0.1, 0.15) is 17.0 Å². The number of hydrogen-bond acceptors (Lipinski definition) is 6. The van der Waals surface area contributed by atoms with Crippen molar-refractivity contribution >= 4 is 23.4 Å². The number of furan rings is 1. The summed E-state index contributed by atoms with van der Waals surface area (Å²) in [5.74, 6) is 0.143. The number of imide groups is 1. The third-order valence-electron chi connectivity index (χ3n) is 5.22. The van der Waals surface area contributed by atoms with Gasteiger partial charge in [-0.05, 0) is 24.3 Å². The molecule has 4 rings (SSSR count). The van der Waals surface area contributed by atoms with Crippen LogP contribution in [-0.2, 0) is 9.59 Å². The van der Waals surface area contributed by atoms with Crippen LogP contribution in [-0.4, -0.2) is 66.9 Å². The molecule has 0 saturated carbocycles. The number of anilines is 1. The van der Waals surface area contributed by atoms with Gasteiger partial charge in [0.25, 0.3) is 11.8 Å². The Labute approximate surface area is 162 Å². The van der Waals surface area contributed by atoms with E-state index in [-0.39, 0.29) is 24.1 Å². The molecular formula is C20H21N3O5. The Balaban J connectivity index is 1.44. The van der Waals surface area contributed by atoms with E-state index in [2.05, 4.69) is 0 Å². The third kappa shape index (κ3) is 3.16. The van der Waals surface area contributed by atoms with Crippen molar-refractivity contribution in [3.63, 3.8) is 0 Å². The van der Waals surface area contributed by atoms with Crippen LogP contribution in [0.25, 0.3) is 0 Å². The van der Waals surface area contributed by atoms with Gasteiger partial charge in [-0.3, -0.25) is 19.3 Å². The standard InChI is InChI=1S/C20H21N3O5/c1-27-16-6-3-2-5-14(16)23-18(24)13-15(19(23)25)21-8-10-22(11-9-21)20(26)17-7-4-12-28-17/h2-7,12,15H,8-11,13H2,1H3. The summed E-state index contributed by atoms with van der Waals surface area (Å²) in [6.07, 6.45) is 1.60. The first-order valence-electron chi connectivity index (χ1n) is 9.17. The third-order valence-corrected chi connectivity index (χ3v) is 5.22. The number of rotatable bonds is 4. The fraction of sp³-hybridized carbons (Fsp3) is 0.350. The highest BCUT2D eigenvalue weighted by Crippen LogP contribution is 2.33. The summed E-state index contributed by atoms with van der Waals surface area (Å²) in [5, 5.41) is 0. The molecule has 1 aromatic carbocycles. The maximum atomic E-state index is 13.0. The SMILES string of the molecule is COc1ccccc1N1C(=O)CC(N2CCN(C(=O)c3ccco3)CC2)C1=O. The normalized spacial score (nSPS) is 20.7. The molecule has 0 N–H and O–H groups in total. The van der Waals surface area contributed by atoms with Crippen LogP contribution in [0.4, 0.5) is 5.69 Å².